The van der Waals surface area contributed by atoms with E-state index in [2.05, 4.69) is 9.97 Å². The summed E-state index contributed by atoms with van der Waals surface area (Å²) in [7, 11) is 0. The Hall–Kier alpha value is -1.55. The van der Waals surface area contributed by atoms with Crippen molar-refractivity contribution in [3.05, 3.63) is 36.0 Å². The minimum atomic E-state index is -0.319. The lowest BCUT2D eigenvalue weighted by Crippen LogP contribution is -2.18. The van der Waals surface area contributed by atoms with Crippen molar-refractivity contribution < 1.29 is 4.39 Å². The van der Waals surface area contributed by atoms with Gasteiger partial charge in [-0.05, 0) is 13.0 Å². The van der Waals surface area contributed by atoms with Gasteiger partial charge in [-0.15, -0.1) is 0 Å². The summed E-state index contributed by atoms with van der Waals surface area (Å²) >= 11 is 0. The number of fused-ring (bicyclic) bond motifs is 1. The van der Waals surface area contributed by atoms with Crippen LogP contribution in [0, 0.1) is 5.82 Å². The molecule has 78 valence electrons. The highest BCUT2D eigenvalue weighted by Gasteiger charge is 2.08. The van der Waals surface area contributed by atoms with Gasteiger partial charge < -0.3 is 5.73 Å². The van der Waals surface area contributed by atoms with E-state index < -0.39 is 0 Å². The Morgan fingerprint density at radius 2 is 2.20 bits per heavy atom. The molecule has 0 bridgehead atoms. The summed E-state index contributed by atoms with van der Waals surface area (Å²) in [5.41, 5.74) is 6.86. The molecule has 4 heteroatoms. The van der Waals surface area contributed by atoms with E-state index in [1.165, 1.54) is 12.4 Å². The molecule has 0 radical (unpaired) electrons. The highest BCUT2D eigenvalue weighted by molar-refractivity contribution is 5.81. The van der Waals surface area contributed by atoms with Gasteiger partial charge in [0.05, 0.1) is 5.69 Å². The standard InChI is InChI=1S/C11H12FN3/c1-7(13)5-10-8-3-2-4-9(12)11(8)15-6-14-10/h2-4,6-7H,5,13H2,1H3. The van der Waals surface area contributed by atoms with Crippen molar-refractivity contribution in [2.24, 2.45) is 5.73 Å². The molecule has 0 spiro atoms. The Labute approximate surface area is 87.2 Å². The zero-order valence-electron chi connectivity index (χ0n) is 8.44. The van der Waals surface area contributed by atoms with Crippen molar-refractivity contribution in [1.82, 2.24) is 9.97 Å². The molecule has 0 aliphatic rings. The fraction of sp³-hybridized carbons (Fsp3) is 0.273. The molecule has 1 heterocycles. The molecule has 1 unspecified atom stereocenters. The molecule has 0 saturated carbocycles. The lowest BCUT2D eigenvalue weighted by molar-refractivity contribution is 0.635. The van der Waals surface area contributed by atoms with Crippen LogP contribution in [0.1, 0.15) is 12.6 Å². The Morgan fingerprint density at radius 1 is 1.40 bits per heavy atom. The van der Waals surface area contributed by atoms with Gasteiger partial charge in [-0.1, -0.05) is 12.1 Å². The summed E-state index contributed by atoms with van der Waals surface area (Å²) in [6, 6.07) is 4.87. The largest absolute Gasteiger partial charge is 0.328 e. The summed E-state index contributed by atoms with van der Waals surface area (Å²) in [5.74, 6) is -0.319. The summed E-state index contributed by atoms with van der Waals surface area (Å²) in [6.07, 6.45) is 2.01. The molecule has 0 aliphatic heterocycles. The monoisotopic (exact) mass is 205 g/mol. The Morgan fingerprint density at radius 3 is 2.93 bits per heavy atom. The van der Waals surface area contributed by atoms with Crippen molar-refractivity contribution in [1.29, 1.82) is 0 Å². The van der Waals surface area contributed by atoms with Crippen LogP contribution in [0.4, 0.5) is 4.39 Å². The van der Waals surface area contributed by atoms with E-state index >= 15 is 0 Å². The zero-order chi connectivity index (χ0) is 10.8. The number of nitrogens with two attached hydrogens (primary N) is 1. The number of hydrogen-bond donors (Lipinski definition) is 1. The second-order valence-electron chi connectivity index (χ2n) is 3.64. The van der Waals surface area contributed by atoms with E-state index in [0.717, 1.165) is 11.1 Å². The summed E-state index contributed by atoms with van der Waals surface area (Å²) in [6.45, 7) is 1.90. The quantitative estimate of drug-likeness (QED) is 0.811. The first-order valence-corrected chi connectivity index (χ1v) is 4.82. The van der Waals surface area contributed by atoms with Crippen molar-refractivity contribution in [3.63, 3.8) is 0 Å². The van der Waals surface area contributed by atoms with Crippen molar-refractivity contribution >= 4 is 10.9 Å². The normalized spacial score (nSPS) is 13.0. The van der Waals surface area contributed by atoms with Crippen LogP contribution in [-0.4, -0.2) is 16.0 Å². The second kappa shape index (κ2) is 3.90. The molecule has 2 N–H and O–H groups in total. The van der Waals surface area contributed by atoms with E-state index in [0.29, 0.717) is 11.9 Å². The highest BCUT2D eigenvalue weighted by Crippen LogP contribution is 2.18. The van der Waals surface area contributed by atoms with Crippen LogP contribution in [-0.2, 0) is 6.42 Å². The third kappa shape index (κ3) is 1.94. The molecule has 1 aromatic heterocycles. The van der Waals surface area contributed by atoms with Crippen molar-refractivity contribution in [3.8, 4) is 0 Å². The van der Waals surface area contributed by atoms with Crippen LogP contribution in [0.15, 0.2) is 24.5 Å². The van der Waals surface area contributed by atoms with Crippen molar-refractivity contribution in [2.75, 3.05) is 0 Å². The predicted molar refractivity (Wildman–Crippen MR) is 56.8 cm³/mol. The molecule has 1 atom stereocenters. The van der Waals surface area contributed by atoms with Crippen LogP contribution < -0.4 is 5.73 Å². The van der Waals surface area contributed by atoms with Crippen LogP contribution in [0.3, 0.4) is 0 Å². The topological polar surface area (TPSA) is 51.8 Å². The van der Waals surface area contributed by atoms with Gasteiger partial charge in [0.2, 0.25) is 0 Å². The number of hydrogen-bond acceptors (Lipinski definition) is 3. The van der Waals surface area contributed by atoms with E-state index in [9.17, 15) is 4.39 Å². The van der Waals surface area contributed by atoms with Crippen molar-refractivity contribution in [2.45, 2.75) is 19.4 Å². The summed E-state index contributed by atoms with van der Waals surface area (Å²) < 4.78 is 13.4. The third-order valence-electron chi connectivity index (χ3n) is 2.21. The number of halogens is 1. The summed E-state index contributed by atoms with van der Waals surface area (Å²) in [4.78, 5) is 8.05. The van der Waals surface area contributed by atoms with Gasteiger partial charge in [0.15, 0.2) is 0 Å². The zero-order valence-corrected chi connectivity index (χ0v) is 8.44. The average molecular weight is 205 g/mol. The Kier molecular flexibility index (Phi) is 2.60. The van der Waals surface area contributed by atoms with E-state index in [-0.39, 0.29) is 11.9 Å². The van der Waals surface area contributed by atoms with Crippen LogP contribution >= 0.6 is 0 Å². The smallest absolute Gasteiger partial charge is 0.149 e. The molecule has 0 aliphatic carbocycles. The number of benzene rings is 1. The molecule has 15 heavy (non-hydrogen) atoms. The number of para-hydroxylation sites is 1. The molecule has 2 rings (SSSR count). The lowest BCUT2D eigenvalue weighted by Gasteiger charge is -2.07. The number of nitrogens with zero attached hydrogens (tertiary/aromatic N) is 2. The van der Waals surface area contributed by atoms with Gasteiger partial charge >= 0.3 is 0 Å². The lowest BCUT2D eigenvalue weighted by atomic mass is 10.1. The molecule has 0 saturated heterocycles. The molecule has 1 aromatic carbocycles. The van der Waals surface area contributed by atoms with E-state index in [4.69, 9.17) is 5.73 Å². The number of aromatic nitrogens is 2. The average Bonchev–Trinajstić information content (AvgIpc) is 2.19. The molecular formula is C11H12FN3. The molecule has 0 amide bonds. The van der Waals surface area contributed by atoms with Gasteiger partial charge in [-0.3, -0.25) is 0 Å². The SMILES string of the molecule is CC(N)Cc1ncnc2c(F)cccc12. The maximum Gasteiger partial charge on any atom is 0.149 e. The highest BCUT2D eigenvalue weighted by atomic mass is 19.1. The first-order chi connectivity index (χ1) is 7.18. The fourth-order valence-electron chi connectivity index (χ4n) is 1.57. The first-order valence-electron chi connectivity index (χ1n) is 4.82. The Balaban J connectivity index is 2.61. The maximum atomic E-state index is 13.4. The Bertz CT molecular complexity index is 482. The van der Waals surface area contributed by atoms with Gasteiger partial charge in [0.25, 0.3) is 0 Å². The van der Waals surface area contributed by atoms with Gasteiger partial charge in [0, 0.05) is 17.8 Å². The van der Waals surface area contributed by atoms with Gasteiger partial charge in [0.1, 0.15) is 17.7 Å². The summed E-state index contributed by atoms with van der Waals surface area (Å²) in [5, 5.41) is 0.745. The van der Waals surface area contributed by atoms with Crippen LogP contribution in [0.2, 0.25) is 0 Å². The molecular weight excluding hydrogens is 193 g/mol. The minimum Gasteiger partial charge on any atom is -0.328 e. The third-order valence-corrected chi connectivity index (χ3v) is 2.21. The van der Waals surface area contributed by atoms with Gasteiger partial charge in [-0.25, -0.2) is 14.4 Å². The fourth-order valence-corrected chi connectivity index (χ4v) is 1.57. The first kappa shape index (κ1) is 9.98. The van der Waals surface area contributed by atoms with E-state index in [1.807, 2.05) is 13.0 Å². The maximum absolute atomic E-state index is 13.4. The van der Waals surface area contributed by atoms with E-state index in [1.54, 1.807) is 6.07 Å². The predicted octanol–water partition coefficient (Wildman–Crippen LogP) is 1.66. The second-order valence-corrected chi connectivity index (χ2v) is 3.64. The van der Waals surface area contributed by atoms with Crippen LogP contribution in [0.25, 0.3) is 10.9 Å². The van der Waals surface area contributed by atoms with Crippen LogP contribution in [0.5, 0.6) is 0 Å². The number of rotatable bonds is 2. The molecule has 0 fully saturated rings. The van der Waals surface area contributed by atoms with Gasteiger partial charge in [-0.2, -0.15) is 0 Å². The molecule has 3 nitrogen and oxygen atoms in total. The molecule has 2 aromatic rings. The minimum absolute atomic E-state index is 0.00590.